The van der Waals surface area contributed by atoms with Crippen LogP contribution in [0.1, 0.15) is 32.3 Å². The third-order valence-electron chi connectivity index (χ3n) is 4.11. The van der Waals surface area contributed by atoms with E-state index in [1.54, 1.807) is 12.1 Å². The number of aliphatic imine (C=N–C) groups is 1. The van der Waals surface area contributed by atoms with E-state index in [2.05, 4.69) is 42.3 Å². The highest BCUT2D eigenvalue weighted by Crippen LogP contribution is 2.40. The van der Waals surface area contributed by atoms with Gasteiger partial charge in [0.25, 0.3) is 0 Å². The van der Waals surface area contributed by atoms with Gasteiger partial charge >= 0.3 is 0 Å². The quantitative estimate of drug-likeness (QED) is 0.778. The van der Waals surface area contributed by atoms with Gasteiger partial charge in [-0.1, -0.05) is 25.7 Å². The molecule has 1 heterocycles. The molecule has 1 aliphatic heterocycles. The van der Waals surface area contributed by atoms with E-state index in [9.17, 15) is 5.11 Å². The first kappa shape index (κ1) is 16.9. The van der Waals surface area contributed by atoms with Gasteiger partial charge in [-0.3, -0.25) is 4.99 Å². The summed E-state index contributed by atoms with van der Waals surface area (Å²) in [6.07, 6.45) is 6.16. The molecule has 0 radical (unpaired) electrons. The fourth-order valence-corrected chi connectivity index (χ4v) is 3.01. The summed E-state index contributed by atoms with van der Waals surface area (Å²) in [6.45, 7) is 12.9. The highest BCUT2D eigenvalue weighted by Gasteiger charge is 2.24. The normalized spacial score (nSPS) is 14.7. The first-order chi connectivity index (χ1) is 11.1. The Hall–Kier alpha value is -2.49. The SMILES string of the molecule is C=Nc1cc(O)c(OC)cc1C(=C)N1CCC(/C=C\C)=C1CC. The fourth-order valence-electron chi connectivity index (χ4n) is 3.01. The Morgan fingerprint density at radius 3 is 2.78 bits per heavy atom. The minimum Gasteiger partial charge on any atom is -0.504 e. The molecule has 0 aromatic heterocycles. The van der Waals surface area contributed by atoms with Gasteiger partial charge in [0.15, 0.2) is 11.5 Å². The average molecular weight is 312 g/mol. The summed E-state index contributed by atoms with van der Waals surface area (Å²) in [7, 11) is 1.53. The van der Waals surface area contributed by atoms with Crippen molar-refractivity contribution in [2.45, 2.75) is 26.7 Å². The highest BCUT2D eigenvalue weighted by molar-refractivity contribution is 5.77. The maximum atomic E-state index is 9.93. The van der Waals surface area contributed by atoms with Crippen molar-refractivity contribution in [1.82, 2.24) is 4.90 Å². The van der Waals surface area contributed by atoms with Crippen LogP contribution in [0, 0.1) is 0 Å². The lowest BCUT2D eigenvalue weighted by Crippen LogP contribution is -2.17. The molecule has 0 amide bonds. The largest absolute Gasteiger partial charge is 0.504 e. The van der Waals surface area contributed by atoms with Gasteiger partial charge in [-0.15, -0.1) is 0 Å². The molecule has 4 heteroatoms. The molecule has 0 unspecified atom stereocenters. The molecule has 4 nitrogen and oxygen atoms in total. The smallest absolute Gasteiger partial charge is 0.161 e. The number of aromatic hydroxyl groups is 1. The standard InChI is InChI=1S/C19H24N2O2/c1-6-8-14-9-10-21(17(14)7-2)13(3)15-11-19(23-5)18(22)12-16(15)20-4/h6,8,11-12,22H,3-4,7,9-10H2,1-2,5H3/b8-6-. The fraction of sp³-hybridized carbons (Fsp3) is 0.316. The molecule has 1 aromatic carbocycles. The zero-order valence-electron chi connectivity index (χ0n) is 14.1. The van der Waals surface area contributed by atoms with Crippen molar-refractivity contribution in [2.75, 3.05) is 13.7 Å². The van der Waals surface area contributed by atoms with Crippen molar-refractivity contribution in [2.24, 2.45) is 4.99 Å². The lowest BCUT2D eigenvalue weighted by molar-refractivity contribution is 0.373. The Bertz CT molecular complexity index is 687. The molecule has 0 fully saturated rings. The molecule has 122 valence electrons. The van der Waals surface area contributed by atoms with Crippen LogP contribution in [0.15, 0.2) is 47.1 Å². The molecule has 23 heavy (non-hydrogen) atoms. The van der Waals surface area contributed by atoms with Crippen LogP contribution in [0.25, 0.3) is 5.70 Å². The van der Waals surface area contributed by atoms with E-state index >= 15 is 0 Å². The molecule has 0 atom stereocenters. The second kappa shape index (κ2) is 7.18. The topological polar surface area (TPSA) is 45.1 Å². The van der Waals surface area contributed by atoms with Crippen molar-refractivity contribution in [3.05, 3.63) is 47.7 Å². The van der Waals surface area contributed by atoms with E-state index in [0.717, 1.165) is 30.6 Å². The number of phenolic OH excluding ortho intramolecular Hbond substituents is 1. The van der Waals surface area contributed by atoms with Crippen LogP contribution in [0.5, 0.6) is 11.5 Å². The van der Waals surface area contributed by atoms with Crippen LogP contribution in [-0.2, 0) is 0 Å². The number of ether oxygens (including phenoxy) is 1. The lowest BCUT2D eigenvalue weighted by atomic mass is 10.1. The second-order valence-electron chi connectivity index (χ2n) is 5.37. The van der Waals surface area contributed by atoms with Gasteiger partial charge in [0.1, 0.15) is 0 Å². The first-order valence-electron chi connectivity index (χ1n) is 7.76. The third kappa shape index (κ3) is 3.16. The van der Waals surface area contributed by atoms with Crippen LogP contribution in [0.2, 0.25) is 0 Å². The molecular weight excluding hydrogens is 288 g/mol. The lowest BCUT2D eigenvalue weighted by Gasteiger charge is -2.25. The molecular formula is C19H24N2O2. The summed E-state index contributed by atoms with van der Waals surface area (Å²) in [6, 6.07) is 3.33. The molecule has 2 rings (SSSR count). The van der Waals surface area contributed by atoms with E-state index in [-0.39, 0.29) is 5.75 Å². The molecule has 0 saturated carbocycles. The summed E-state index contributed by atoms with van der Waals surface area (Å²) in [5, 5.41) is 9.93. The Balaban J connectivity index is 2.47. The van der Waals surface area contributed by atoms with Crippen molar-refractivity contribution in [3.63, 3.8) is 0 Å². The molecule has 1 aliphatic rings. The van der Waals surface area contributed by atoms with Gasteiger partial charge in [-0.25, -0.2) is 0 Å². The van der Waals surface area contributed by atoms with Crippen molar-refractivity contribution >= 4 is 18.1 Å². The minimum absolute atomic E-state index is 0.0498. The zero-order chi connectivity index (χ0) is 17.0. The number of hydrogen-bond donors (Lipinski definition) is 1. The molecule has 0 saturated heterocycles. The Kier molecular flexibility index (Phi) is 5.27. The Morgan fingerprint density at radius 1 is 1.48 bits per heavy atom. The van der Waals surface area contributed by atoms with Gasteiger partial charge in [-0.2, -0.15) is 0 Å². The summed E-state index contributed by atoms with van der Waals surface area (Å²) in [4.78, 5) is 6.24. The van der Waals surface area contributed by atoms with Gasteiger partial charge < -0.3 is 14.7 Å². The highest BCUT2D eigenvalue weighted by atomic mass is 16.5. The molecule has 0 aliphatic carbocycles. The number of benzene rings is 1. The average Bonchev–Trinajstić information content (AvgIpc) is 2.96. The maximum absolute atomic E-state index is 9.93. The second-order valence-corrected chi connectivity index (χ2v) is 5.37. The number of nitrogens with zero attached hydrogens (tertiary/aromatic N) is 2. The third-order valence-corrected chi connectivity index (χ3v) is 4.11. The van der Waals surface area contributed by atoms with Crippen LogP contribution in [0.3, 0.4) is 0 Å². The van der Waals surface area contributed by atoms with Gasteiger partial charge in [0.05, 0.1) is 12.8 Å². The summed E-state index contributed by atoms with van der Waals surface area (Å²) < 4.78 is 5.22. The number of methoxy groups -OCH3 is 1. The number of rotatable bonds is 6. The van der Waals surface area contributed by atoms with Crippen LogP contribution >= 0.6 is 0 Å². The Labute approximate surface area is 138 Å². The minimum atomic E-state index is 0.0498. The van der Waals surface area contributed by atoms with Gasteiger partial charge in [0, 0.05) is 29.6 Å². The maximum Gasteiger partial charge on any atom is 0.161 e. The molecule has 0 bridgehead atoms. The predicted molar refractivity (Wildman–Crippen MR) is 96.4 cm³/mol. The van der Waals surface area contributed by atoms with Crippen LogP contribution in [-0.4, -0.2) is 30.4 Å². The first-order valence-corrected chi connectivity index (χ1v) is 7.76. The van der Waals surface area contributed by atoms with E-state index in [1.807, 2.05) is 6.92 Å². The van der Waals surface area contributed by atoms with Gasteiger partial charge in [-0.05, 0) is 38.1 Å². The summed E-state index contributed by atoms with van der Waals surface area (Å²) in [5.41, 5.74) is 4.89. The molecule has 0 spiro atoms. The summed E-state index contributed by atoms with van der Waals surface area (Å²) >= 11 is 0. The van der Waals surface area contributed by atoms with Crippen molar-refractivity contribution in [1.29, 1.82) is 0 Å². The zero-order valence-corrected chi connectivity index (χ0v) is 14.1. The van der Waals surface area contributed by atoms with Gasteiger partial charge in [0.2, 0.25) is 0 Å². The van der Waals surface area contributed by atoms with E-state index in [4.69, 9.17) is 4.74 Å². The van der Waals surface area contributed by atoms with Crippen LogP contribution < -0.4 is 4.74 Å². The van der Waals surface area contributed by atoms with E-state index in [1.165, 1.54) is 18.4 Å². The van der Waals surface area contributed by atoms with Crippen molar-refractivity contribution < 1.29 is 9.84 Å². The monoisotopic (exact) mass is 312 g/mol. The van der Waals surface area contributed by atoms with Crippen molar-refractivity contribution in [3.8, 4) is 11.5 Å². The number of hydrogen-bond acceptors (Lipinski definition) is 4. The molecule has 1 aromatic rings. The number of allylic oxidation sites excluding steroid dienone is 3. The van der Waals surface area contributed by atoms with Crippen LogP contribution in [0.4, 0.5) is 5.69 Å². The molecule has 1 N–H and O–H groups in total. The van der Waals surface area contributed by atoms with E-state index < -0.39 is 0 Å². The summed E-state index contributed by atoms with van der Waals surface area (Å²) in [5.74, 6) is 0.456. The predicted octanol–water partition coefficient (Wildman–Crippen LogP) is 4.65. The number of phenols is 1. The Morgan fingerprint density at radius 2 is 2.22 bits per heavy atom. The van der Waals surface area contributed by atoms with E-state index in [0.29, 0.717) is 11.4 Å².